The lowest BCUT2D eigenvalue weighted by Crippen LogP contribution is -2.47. The van der Waals surface area contributed by atoms with E-state index in [4.69, 9.17) is 9.29 Å². The van der Waals surface area contributed by atoms with Crippen LogP contribution in [-0.4, -0.2) is 36.7 Å². The first-order valence-corrected chi connectivity index (χ1v) is 14.3. The minimum absolute atomic E-state index is 0.104. The molecule has 0 saturated heterocycles. The van der Waals surface area contributed by atoms with Crippen LogP contribution in [0.25, 0.3) is 0 Å². The molecule has 1 saturated carbocycles. The Bertz CT molecular complexity index is 1200. The molecule has 9 heteroatoms. The largest absolute Gasteiger partial charge is 0.373 e. The second kappa shape index (κ2) is 11.0. The summed E-state index contributed by atoms with van der Waals surface area (Å²) in [6.07, 6.45) is -1.35. The lowest BCUT2D eigenvalue weighted by atomic mass is 9.71. The first-order chi connectivity index (χ1) is 17.1. The number of halogens is 2. The highest BCUT2D eigenvalue weighted by atomic mass is 32.2. The van der Waals surface area contributed by atoms with E-state index in [0.717, 1.165) is 10.5 Å². The minimum Gasteiger partial charge on any atom is -0.368 e. The Balaban J connectivity index is 1.61. The number of aliphatic hydroxyl groups excluding tert-OH is 1. The molecule has 3 aromatic carbocycles. The van der Waals surface area contributed by atoms with Crippen molar-refractivity contribution in [2.75, 3.05) is 7.11 Å². The molecule has 0 amide bonds. The van der Waals surface area contributed by atoms with Crippen LogP contribution in [0.5, 0.6) is 0 Å². The summed E-state index contributed by atoms with van der Waals surface area (Å²) in [7, 11) is -4.77. The highest BCUT2D eigenvalue weighted by molar-refractivity contribution is 7.97. The van der Waals surface area contributed by atoms with Crippen molar-refractivity contribution in [2.45, 2.75) is 51.4 Å². The molecule has 1 fully saturated rings. The van der Waals surface area contributed by atoms with E-state index in [1.807, 2.05) is 60.7 Å². The zero-order valence-electron chi connectivity index (χ0n) is 19.7. The van der Waals surface area contributed by atoms with Crippen LogP contribution in [0.3, 0.4) is 0 Å². The molecule has 0 heterocycles. The summed E-state index contributed by atoms with van der Waals surface area (Å²) in [4.78, 5) is 3.46. The summed E-state index contributed by atoms with van der Waals surface area (Å²) in [6, 6.07) is 28.4. The Morgan fingerprint density at radius 3 is 1.86 bits per heavy atom. The van der Waals surface area contributed by atoms with Crippen LogP contribution < -0.4 is 0 Å². The Kier molecular flexibility index (Phi) is 8.16. The van der Waals surface area contributed by atoms with Crippen molar-refractivity contribution in [2.24, 2.45) is 11.8 Å². The average Bonchev–Trinajstić information content (AvgIpc) is 2.89. The van der Waals surface area contributed by atoms with Gasteiger partial charge in [-0.2, -0.15) is 17.2 Å². The van der Waals surface area contributed by atoms with E-state index >= 15 is 0 Å². The van der Waals surface area contributed by atoms with Crippen molar-refractivity contribution in [1.29, 1.82) is 0 Å². The van der Waals surface area contributed by atoms with Crippen molar-refractivity contribution < 1.29 is 31.6 Å². The average molecular weight is 536 g/mol. The van der Waals surface area contributed by atoms with Gasteiger partial charge in [0, 0.05) is 18.9 Å². The normalized spacial score (nSPS) is 21.9. The highest BCUT2D eigenvalue weighted by Crippen LogP contribution is 2.49. The van der Waals surface area contributed by atoms with Crippen LogP contribution in [0, 0.1) is 11.8 Å². The van der Waals surface area contributed by atoms with Gasteiger partial charge in [0.05, 0.1) is 10.9 Å². The Labute approximate surface area is 213 Å². The molecule has 2 N–H and O–H groups in total. The fourth-order valence-corrected chi connectivity index (χ4v) is 7.76. The highest BCUT2D eigenvalue weighted by Gasteiger charge is 2.57. The van der Waals surface area contributed by atoms with Crippen LogP contribution in [0.1, 0.15) is 30.7 Å². The van der Waals surface area contributed by atoms with Gasteiger partial charge in [0.15, 0.2) is 21.0 Å². The molecular weight excluding hydrogens is 506 g/mol. The molecule has 1 aliphatic rings. The van der Waals surface area contributed by atoms with Gasteiger partial charge in [-0.05, 0) is 67.1 Å². The zero-order valence-corrected chi connectivity index (χ0v) is 21.3. The van der Waals surface area contributed by atoms with E-state index in [9.17, 15) is 22.3 Å². The van der Waals surface area contributed by atoms with Gasteiger partial charge in [-0.3, -0.25) is 4.55 Å². The van der Waals surface area contributed by atoms with Gasteiger partial charge >= 0.3 is 15.4 Å². The molecule has 1 aliphatic carbocycles. The van der Waals surface area contributed by atoms with Gasteiger partial charge in [0.2, 0.25) is 0 Å². The molecule has 192 valence electrons. The third kappa shape index (κ3) is 5.50. The van der Waals surface area contributed by atoms with Crippen LogP contribution >= 0.6 is 0 Å². The molecule has 4 unspecified atom stereocenters. The summed E-state index contributed by atoms with van der Waals surface area (Å²) in [5, 5.41) is 5.92. The van der Waals surface area contributed by atoms with Gasteiger partial charge in [0.1, 0.15) is 0 Å². The molecular formula is C27H29F2O5S2+. The molecule has 0 aromatic heterocycles. The van der Waals surface area contributed by atoms with E-state index in [-0.39, 0.29) is 29.7 Å². The summed E-state index contributed by atoms with van der Waals surface area (Å²) < 4.78 is 65.9. The second-order valence-corrected chi connectivity index (χ2v) is 12.5. The van der Waals surface area contributed by atoms with Crippen molar-refractivity contribution in [3.8, 4) is 0 Å². The number of hydrogen-bond acceptors (Lipinski definition) is 4. The minimum atomic E-state index is -5.63. The lowest BCUT2D eigenvalue weighted by molar-refractivity contribution is -0.163. The third-order valence-corrected chi connectivity index (χ3v) is 10.0. The molecule has 36 heavy (non-hydrogen) atoms. The molecule has 0 spiro atoms. The van der Waals surface area contributed by atoms with Crippen LogP contribution in [0.15, 0.2) is 99.6 Å². The standard InChI is InChI=1S/C27H28F2O5S2/c1-34-26(30)24-18-20(14-17-25(24)27(28,29)36(31,32)33)19-12-15-23(16-13-19)35(21-8-4-2-5-9-21)22-10-6-3-7-11-22/h2-13,15-16,20,24-26,30H,14,17-18H2,1H3/p+1. The van der Waals surface area contributed by atoms with Crippen molar-refractivity contribution in [3.63, 3.8) is 0 Å². The fraction of sp³-hybridized carbons (Fsp3) is 0.333. The van der Waals surface area contributed by atoms with E-state index in [1.54, 1.807) is 0 Å². The van der Waals surface area contributed by atoms with E-state index in [2.05, 4.69) is 24.3 Å². The van der Waals surface area contributed by atoms with Crippen LogP contribution in [0.4, 0.5) is 8.78 Å². The van der Waals surface area contributed by atoms with Crippen LogP contribution in [0.2, 0.25) is 0 Å². The number of ether oxygens (including phenoxy) is 1. The number of methoxy groups -OCH3 is 1. The summed E-state index contributed by atoms with van der Waals surface area (Å²) in [6.45, 7) is 0. The van der Waals surface area contributed by atoms with Crippen molar-refractivity contribution in [1.82, 2.24) is 0 Å². The molecule has 0 aliphatic heterocycles. The van der Waals surface area contributed by atoms with Crippen LogP contribution in [-0.2, 0) is 25.7 Å². The first-order valence-electron chi connectivity index (χ1n) is 11.6. The smallest absolute Gasteiger partial charge is 0.368 e. The molecule has 0 radical (unpaired) electrons. The Morgan fingerprint density at radius 1 is 0.889 bits per heavy atom. The third-order valence-electron chi connectivity index (χ3n) is 6.83. The number of benzene rings is 3. The predicted octanol–water partition coefficient (Wildman–Crippen LogP) is 5.73. The SMILES string of the molecule is COC(O)C1CC(c2ccc([S+](c3ccccc3)c3ccccc3)cc2)CCC1C(F)(F)S(=O)(=O)O. The molecule has 5 nitrogen and oxygen atoms in total. The summed E-state index contributed by atoms with van der Waals surface area (Å²) >= 11 is 0. The monoisotopic (exact) mass is 535 g/mol. The van der Waals surface area contributed by atoms with Gasteiger partial charge in [0.25, 0.3) is 0 Å². The van der Waals surface area contributed by atoms with Gasteiger partial charge in [-0.15, -0.1) is 0 Å². The maximum Gasteiger partial charge on any atom is 0.373 e. The quantitative estimate of drug-likeness (QED) is 0.219. The summed E-state index contributed by atoms with van der Waals surface area (Å²) in [5.74, 6) is -3.08. The zero-order chi connectivity index (χ0) is 25.9. The number of aliphatic hydroxyl groups is 1. The maximum atomic E-state index is 14.6. The molecule has 0 bridgehead atoms. The number of rotatable bonds is 8. The van der Waals surface area contributed by atoms with Crippen molar-refractivity contribution >= 4 is 21.0 Å². The van der Waals surface area contributed by atoms with E-state index in [0.29, 0.717) is 6.42 Å². The van der Waals surface area contributed by atoms with Gasteiger partial charge in [-0.1, -0.05) is 48.5 Å². The topological polar surface area (TPSA) is 83.8 Å². The van der Waals surface area contributed by atoms with E-state index < -0.39 is 33.5 Å². The molecule has 4 atom stereocenters. The van der Waals surface area contributed by atoms with Crippen molar-refractivity contribution in [3.05, 3.63) is 90.5 Å². The molecule has 3 aromatic rings. The lowest BCUT2D eigenvalue weighted by Gasteiger charge is -2.40. The first kappa shape index (κ1) is 26.8. The van der Waals surface area contributed by atoms with Gasteiger partial charge in [-0.25, -0.2) is 0 Å². The summed E-state index contributed by atoms with van der Waals surface area (Å²) in [5.41, 5.74) is 0.922. The fourth-order valence-electron chi connectivity index (χ4n) is 5.00. The molecule has 4 rings (SSSR count). The maximum absolute atomic E-state index is 14.6. The Hall–Kier alpha value is -2.30. The van der Waals surface area contributed by atoms with Gasteiger partial charge < -0.3 is 9.84 Å². The Morgan fingerprint density at radius 2 is 1.39 bits per heavy atom. The predicted molar refractivity (Wildman–Crippen MR) is 135 cm³/mol. The second-order valence-electron chi connectivity index (χ2n) is 8.94. The van der Waals surface area contributed by atoms with E-state index in [1.165, 1.54) is 16.9 Å². The number of alkyl halides is 2. The number of hydrogen-bond donors (Lipinski definition) is 2.